The average Bonchev–Trinajstić information content (AvgIpc) is 2.33. The summed E-state index contributed by atoms with van der Waals surface area (Å²) in [6.07, 6.45) is 0.907. The Hall–Kier alpha value is -0.610. The van der Waals surface area contributed by atoms with Gasteiger partial charge in [0.25, 0.3) is 0 Å². The normalized spacial score (nSPS) is 12.6. The number of methoxy groups -OCH3 is 1. The minimum Gasteiger partial charge on any atom is -0.382 e. The van der Waals surface area contributed by atoms with Crippen LogP contribution in [0.15, 0.2) is 24.3 Å². The molecule has 3 nitrogen and oxygen atoms in total. The first-order chi connectivity index (χ1) is 8.26. The topological polar surface area (TPSA) is 30.5 Å². The van der Waals surface area contributed by atoms with Crippen LogP contribution in [0, 0.1) is 0 Å². The lowest BCUT2D eigenvalue weighted by molar-refractivity contribution is 0.0598. The molecule has 0 saturated heterocycles. The fourth-order valence-electron chi connectivity index (χ4n) is 1.56. The van der Waals surface area contributed by atoms with Crippen LogP contribution in [0.1, 0.15) is 5.56 Å². The van der Waals surface area contributed by atoms with Gasteiger partial charge in [0.15, 0.2) is 0 Å². The van der Waals surface area contributed by atoms with Crippen LogP contribution >= 0.6 is 11.6 Å². The van der Waals surface area contributed by atoms with E-state index in [0.29, 0.717) is 25.9 Å². The summed E-state index contributed by atoms with van der Waals surface area (Å²) in [4.78, 5) is 0. The Morgan fingerprint density at radius 3 is 2.82 bits per heavy atom. The second-order valence-corrected chi connectivity index (χ2v) is 4.32. The molecule has 0 aliphatic heterocycles. The number of rotatable bonds is 8. The van der Waals surface area contributed by atoms with Crippen LogP contribution in [-0.4, -0.2) is 40.0 Å². The van der Waals surface area contributed by atoms with E-state index in [9.17, 15) is 0 Å². The van der Waals surface area contributed by atoms with E-state index in [4.69, 9.17) is 21.1 Å². The predicted molar refractivity (Wildman–Crippen MR) is 70.7 cm³/mol. The molecule has 1 unspecified atom stereocenters. The Bertz CT molecular complexity index is 320. The van der Waals surface area contributed by atoms with Crippen LogP contribution in [0.3, 0.4) is 0 Å². The van der Waals surface area contributed by atoms with Crippen molar-refractivity contribution in [1.82, 2.24) is 5.32 Å². The van der Waals surface area contributed by atoms with Crippen molar-refractivity contribution in [2.45, 2.75) is 12.5 Å². The molecule has 17 heavy (non-hydrogen) atoms. The molecule has 0 aromatic heterocycles. The molecule has 4 heteroatoms. The molecule has 0 aliphatic rings. The van der Waals surface area contributed by atoms with Crippen molar-refractivity contribution in [3.8, 4) is 0 Å². The fraction of sp³-hybridized carbons (Fsp3) is 0.538. The average molecular weight is 258 g/mol. The number of halogens is 1. The van der Waals surface area contributed by atoms with Gasteiger partial charge in [-0.15, -0.1) is 0 Å². The molecule has 1 aromatic rings. The molecule has 0 spiro atoms. The van der Waals surface area contributed by atoms with Crippen LogP contribution in [0.5, 0.6) is 0 Å². The molecule has 1 aromatic carbocycles. The maximum absolute atomic E-state index is 5.95. The SMILES string of the molecule is CNC(COCCOC)Cc1cccc(Cl)c1. The Balaban J connectivity index is 2.35. The number of ether oxygens (including phenoxy) is 2. The van der Waals surface area contributed by atoms with Gasteiger partial charge in [-0.25, -0.2) is 0 Å². The maximum atomic E-state index is 5.95. The van der Waals surface area contributed by atoms with E-state index in [1.165, 1.54) is 5.56 Å². The molecule has 0 amide bonds. The second-order valence-electron chi connectivity index (χ2n) is 3.89. The first-order valence-corrected chi connectivity index (χ1v) is 6.12. The molecular formula is C13H20ClNO2. The Kier molecular flexibility index (Phi) is 7.21. The molecule has 0 fully saturated rings. The number of nitrogens with one attached hydrogen (secondary N) is 1. The number of likely N-dealkylation sites (N-methyl/N-ethyl adjacent to an activating group) is 1. The summed E-state index contributed by atoms with van der Waals surface area (Å²) in [5, 5.41) is 4.01. The maximum Gasteiger partial charge on any atom is 0.0701 e. The molecule has 0 radical (unpaired) electrons. The Morgan fingerprint density at radius 2 is 2.18 bits per heavy atom. The summed E-state index contributed by atoms with van der Waals surface area (Å²) < 4.78 is 10.4. The van der Waals surface area contributed by atoms with Crippen LogP contribution in [0.2, 0.25) is 5.02 Å². The van der Waals surface area contributed by atoms with Gasteiger partial charge >= 0.3 is 0 Å². The zero-order valence-electron chi connectivity index (χ0n) is 10.4. The lowest BCUT2D eigenvalue weighted by Gasteiger charge is -2.16. The van der Waals surface area contributed by atoms with E-state index in [2.05, 4.69) is 11.4 Å². The van der Waals surface area contributed by atoms with Gasteiger partial charge in [-0.05, 0) is 31.2 Å². The number of hydrogen-bond donors (Lipinski definition) is 1. The molecule has 1 N–H and O–H groups in total. The second kappa shape index (κ2) is 8.48. The highest BCUT2D eigenvalue weighted by atomic mass is 35.5. The van der Waals surface area contributed by atoms with Crippen LogP contribution in [-0.2, 0) is 15.9 Å². The number of hydrogen-bond acceptors (Lipinski definition) is 3. The van der Waals surface area contributed by atoms with Crippen molar-refractivity contribution in [2.24, 2.45) is 0 Å². The van der Waals surface area contributed by atoms with Gasteiger partial charge in [0, 0.05) is 18.2 Å². The summed E-state index contributed by atoms with van der Waals surface area (Å²) in [5.74, 6) is 0. The quantitative estimate of drug-likeness (QED) is 0.724. The van der Waals surface area contributed by atoms with Crippen molar-refractivity contribution in [2.75, 3.05) is 34.0 Å². The van der Waals surface area contributed by atoms with E-state index in [1.54, 1.807) is 7.11 Å². The van der Waals surface area contributed by atoms with Gasteiger partial charge in [0.2, 0.25) is 0 Å². The van der Waals surface area contributed by atoms with Gasteiger partial charge in [0.05, 0.1) is 19.8 Å². The predicted octanol–water partition coefficient (Wildman–Crippen LogP) is 2.13. The lowest BCUT2D eigenvalue weighted by atomic mass is 10.1. The summed E-state index contributed by atoms with van der Waals surface area (Å²) in [5.41, 5.74) is 1.21. The molecule has 0 aliphatic carbocycles. The van der Waals surface area contributed by atoms with Crippen LogP contribution < -0.4 is 5.32 Å². The summed E-state index contributed by atoms with van der Waals surface area (Å²) in [6.45, 7) is 1.93. The van der Waals surface area contributed by atoms with Gasteiger partial charge in [-0.2, -0.15) is 0 Å². The molecular weight excluding hydrogens is 238 g/mol. The van der Waals surface area contributed by atoms with Gasteiger partial charge < -0.3 is 14.8 Å². The summed E-state index contributed by atoms with van der Waals surface area (Å²) >= 11 is 5.95. The smallest absolute Gasteiger partial charge is 0.0701 e. The first-order valence-electron chi connectivity index (χ1n) is 5.74. The van der Waals surface area contributed by atoms with Crippen molar-refractivity contribution in [3.63, 3.8) is 0 Å². The minimum absolute atomic E-state index is 0.297. The molecule has 0 bridgehead atoms. The summed E-state index contributed by atoms with van der Waals surface area (Å²) in [6, 6.07) is 8.21. The lowest BCUT2D eigenvalue weighted by Crippen LogP contribution is -2.33. The summed E-state index contributed by atoms with van der Waals surface area (Å²) in [7, 11) is 3.61. The highest BCUT2D eigenvalue weighted by Crippen LogP contribution is 2.12. The standard InChI is InChI=1S/C13H20ClNO2/c1-15-13(10-17-7-6-16-2)9-11-4-3-5-12(14)8-11/h3-5,8,13,15H,6-7,9-10H2,1-2H3. The van der Waals surface area contributed by atoms with Crippen LogP contribution in [0.25, 0.3) is 0 Å². The van der Waals surface area contributed by atoms with Crippen molar-refractivity contribution >= 4 is 11.6 Å². The highest BCUT2D eigenvalue weighted by molar-refractivity contribution is 6.30. The molecule has 1 rings (SSSR count). The molecule has 96 valence electrons. The monoisotopic (exact) mass is 257 g/mol. The third-order valence-electron chi connectivity index (χ3n) is 2.53. The number of benzene rings is 1. The van der Waals surface area contributed by atoms with E-state index in [0.717, 1.165) is 11.4 Å². The largest absolute Gasteiger partial charge is 0.382 e. The molecule has 1 atom stereocenters. The first kappa shape index (κ1) is 14.5. The van der Waals surface area contributed by atoms with Gasteiger partial charge in [0.1, 0.15) is 0 Å². The molecule has 0 heterocycles. The van der Waals surface area contributed by atoms with Crippen LogP contribution in [0.4, 0.5) is 0 Å². The van der Waals surface area contributed by atoms with E-state index in [1.807, 2.05) is 25.2 Å². The molecule has 0 saturated carbocycles. The van der Waals surface area contributed by atoms with Gasteiger partial charge in [-0.1, -0.05) is 23.7 Å². The highest BCUT2D eigenvalue weighted by Gasteiger charge is 2.07. The Labute approximate surface area is 108 Å². The Morgan fingerprint density at radius 1 is 1.35 bits per heavy atom. The van der Waals surface area contributed by atoms with E-state index < -0.39 is 0 Å². The minimum atomic E-state index is 0.297. The van der Waals surface area contributed by atoms with Gasteiger partial charge in [-0.3, -0.25) is 0 Å². The van der Waals surface area contributed by atoms with E-state index in [-0.39, 0.29) is 0 Å². The zero-order valence-corrected chi connectivity index (χ0v) is 11.2. The fourth-order valence-corrected chi connectivity index (χ4v) is 1.77. The third-order valence-corrected chi connectivity index (χ3v) is 2.77. The zero-order chi connectivity index (χ0) is 12.5. The van der Waals surface area contributed by atoms with Crippen molar-refractivity contribution in [3.05, 3.63) is 34.9 Å². The van der Waals surface area contributed by atoms with Crippen molar-refractivity contribution < 1.29 is 9.47 Å². The van der Waals surface area contributed by atoms with Crippen molar-refractivity contribution in [1.29, 1.82) is 0 Å². The third kappa shape index (κ3) is 6.03. The van der Waals surface area contributed by atoms with E-state index >= 15 is 0 Å².